The second kappa shape index (κ2) is 7.19. The number of benzene rings is 1. The summed E-state index contributed by atoms with van der Waals surface area (Å²) in [6, 6.07) is 7.72. The van der Waals surface area contributed by atoms with Gasteiger partial charge in [0.15, 0.2) is 0 Å². The van der Waals surface area contributed by atoms with Crippen molar-refractivity contribution < 1.29 is 4.79 Å². The van der Waals surface area contributed by atoms with E-state index in [9.17, 15) is 4.79 Å². The number of nitrogens with one attached hydrogen (secondary N) is 1. The zero-order valence-corrected chi connectivity index (χ0v) is 13.5. The summed E-state index contributed by atoms with van der Waals surface area (Å²) in [7, 11) is 0. The molecule has 1 amide bonds. The summed E-state index contributed by atoms with van der Waals surface area (Å²) in [5.41, 5.74) is 0.616. The van der Waals surface area contributed by atoms with Crippen molar-refractivity contribution in [2.45, 2.75) is 37.1 Å². The average molecular weight is 330 g/mol. The van der Waals surface area contributed by atoms with Crippen molar-refractivity contribution in [2.75, 3.05) is 11.6 Å². The van der Waals surface area contributed by atoms with Gasteiger partial charge in [-0.25, -0.2) is 0 Å². The minimum Gasteiger partial charge on any atom is -0.347 e. The van der Waals surface area contributed by atoms with Crippen LogP contribution in [0.4, 0.5) is 0 Å². The van der Waals surface area contributed by atoms with E-state index in [1.807, 2.05) is 30.5 Å². The summed E-state index contributed by atoms with van der Waals surface area (Å²) < 4.78 is 0. The molecule has 4 heteroatoms. The quantitative estimate of drug-likeness (QED) is 0.629. The first-order chi connectivity index (χ1) is 8.56. The number of halogens is 1. The predicted octanol–water partition coefficient (Wildman–Crippen LogP) is 4.09. The molecule has 18 heavy (non-hydrogen) atoms. The van der Waals surface area contributed by atoms with E-state index in [2.05, 4.69) is 35.1 Å². The maximum atomic E-state index is 12.3. The van der Waals surface area contributed by atoms with Crippen LogP contribution in [0.25, 0.3) is 0 Å². The highest BCUT2D eigenvalue weighted by molar-refractivity contribution is 9.09. The molecule has 1 aromatic carbocycles. The number of carbonyl (C=O) groups is 1. The highest BCUT2D eigenvalue weighted by atomic mass is 79.9. The van der Waals surface area contributed by atoms with E-state index < -0.39 is 0 Å². The van der Waals surface area contributed by atoms with Gasteiger partial charge < -0.3 is 5.32 Å². The summed E-state index contributed by atoms with van der Waals surface area (Å²) in [5, 5.41) is 4.04. The number of carbonyl (C=O) groups excluding carboxylic acids is 1. The van der Waals surface area contributed by atoms with Crippen LogP contribution in [0, 0.1) is 0 Å². The smallest absolute Gasteiger partial charge is 0.252 e. The molecule has 0 saturated heterocycles. The zero-order valence-electron chi connectivity index (χ0n) is 11.1. The molecule has 1 N–H and O–H groups in total. The molecule has 0 heterocycles. The first kappa shape index (κ1) is 15.6. The van der Waals surface area contributed by atoms with Gasteiger partial charge in [-0.15, -0.1) is 11.8 Å². The van der Waals surface area contributed by atoms with Crippen LogP contribution in [0.1, 0.15) is 37.0 Å². The molecule has 100 valence electrons. The number of rotatable bonds is 6. The Morgan fingerprint density at radius 3 is 2.67 bits per heavy atom. The van der Waals surface area contributed by atoms with Crippen LogP contribution in [-0.4, -0.2) is 23.0 Å². The SMILES string of the molecule is CCC(C)(CCBr)NC(=O)c1ccccc1SC. The topological polar surface area (TPSA) is 29.1 Å². The monoisotopic (exact) mass is 329 g/mol. The van der Waals surface area contributed by atoms with Crippen molar-refractivity contribution in [1.82, 2.24) is 5.32 Å². The molecule has 0 aromatic heterocycles. The molecule has 0 bridgehead atoms. The Hall–Kier alpha value is -0.480. The third-order valence-corrected chi connectivity index (χ3v) is 4.39. The first-order valence-corrected chi connectivity index (χ1v) is 8.42. The van der Waals surface area contributed by atoms with E-state index in [0.29, 0.717) is 0 Å². The number of amides is 1. The van der Waals surface area contributed by atoms with Crippen molar-refractivity contribution in [3.63, 3.8) is 0 Å². The van der Waals surface area contributed by atoms with Gasteiger partial charge in [-0.05, 0) is 38.2 Å². The Balaban J connectivity index is 2.87. The van der Waals surface area contributed by atoms with Crippen LogP contribution >= 0.6 is 27.7 Å². The van der Waals surface area contributed by atoms with Crippen LogP contribution in [0.3, 0.4) is 0 Å². The van der Waals surface area contributed by atoms with E-state index in [-0.39, 0.29) is 11.4 Å². The van der Waals surface area contributed by atoms with Crippen LogP contribution in [0.5, 0.6) is 0 Å². The lowest BCUT2D eigenvalue weighted by Crippen LogP contribution is -2.45. The maximum absolute atomic E-state index is 12.3. The Bertz CT molecular complexity index is 411. The van der Waals surface area contributed by atoms with Crippen molar-refractivity contribution in [3.05, 3.63) is 29.8 Å². The van der Waals surface area contributed by atoms with Gasteiger partial charge >= 0.3 is 0 Å². The second-order valence-corrected chi connectivity index (χ2v) is 6.15. The standard InChI is InChI=1S/C14H20BrNOS/c1-4-14(2,9-10-15)16-13(17)11-7-5-6-8-12(11)18-3/h5-8H,4,9-10H2,1-3H3,(H,16,17). The highest BCUT2D eigenvalue weighted by Gasteiger charge is 2.24. The third kappa shape index (κ3) is 4.02. The minimum absolute atomic E-state index is 0.0188. The molecule has 0 aliphatic rings. The number of thioether (sulfide) groups is 1. The molecule has 0 aliphatic carbocycles. The second-order valence-electron chi connectivity index (χ2n) is 4.51. The molecular formula is C14H20BrNOS. The molecule has 1 atom stereocenters. The molecule has 0 fully saturated rings. The Morgan fingerprint density at radius 1 is 1.44 bits per heavy atom. The molecule has 2 nitrogen and oxygen atoms in total. The average Bonchev–Trinajstić information content (AvgIpc) is 2.38. The Kier molecular flexibility index (Phi) is 6.22. The first-order valence-electron chi connectivity index (χ1n) is 6.08. The Morgan fingerprint density at radius 2 is 2.11 bits per heavy atom. The summed E-state index contributed by atoms with van der Waals surface area (Å²) >= 11 is 5.05. The number of hydrogen-bond acceptors (Lipinski definition) is 2. The van der Waals surface area contributed by atoms with Crippen molar-refractivity contribution in [3.8, 4) is 0 Å². The van der Waals surface area contributed by atoms with Gasteiger partial charge in [0.2, 0.25) is 0 Å². The molecule has 0 aliphatic heterocycles. The molecule has 0 spiro atoms. The van der Waals surface area contributed by atoms with Crippen molar-refractivity contribution in [1.29, 1.82) is 0 Å². The lowest BCUT2D eigenvalue weighted by Gasteiger charge is -2.29. The third-order valence-electron chi connectivity index (χ3n) is 3.19. The lowest BCUT2D eigenvalue weighted by atomic mass is 9.95. The van der Waals surface area contributed by atoms with Crippen molar-refractivity contribution >= 4 is 33.6 Å². The lowest BCUT2D eigenvalue weighted by molar-refractivity contribution is 0.0899. The molecule has 0 radical (unpaired) electrons. The Labute approximate surface area is 122 Å². The predicted molar refractivity (Wildman–Crippen MR) is 82.8 cm³/mol. The van der Waals surface area contributed by atoms with Gasteiger partial charge in [-0.3, -0.25) is 4.79 Å². The fourth-order valence-corrected chi connectivity index (χ4v) is 3.18. The van der Waals surface area contributed by atoms with Gasteiger partial charge in [-0.2, -0.15) is 0 Å². The van der Waals surface area contributed by atoms with Crippen LogP contribution < -0.4 is 5.32 Å². The van der Waals surface area contributed by atoms with Gasteiger partial charge in [0, 0.05) is 15.8 Å². The van der Waals surface area contributed by atoms with Crippen molar-refractivity contribution in [2.24, 2.45) is 0 Å². The summed E-state index contributed by atoms with van der Waals surface area (Å²) in [4.78, 5) is 13.4. The highest BCUT2D eigenvalue weighted by Crippen LogP contribution is 2.22. The fraction of sp³-hybridized carbons (Fsp3) is 0.500. The van der Waals surface area contributed by atoms with Gasteiger partial charge in [-0.1, -0.05) is 35.0 Å². The molecule has 1 aromatic rings. The van der Waals surface area contributed by atoms with Crippen LogP contribution in [-0.2, 0) is 0 Å². The van der Waals surface area contributed by atoms with Gasteiger partial charge in [0.25, 0.3) is 5.91 Å². The minimum atomic E-state index is -0.147. The summed E-state index contributed by atoms with van der Waals surface area (Å²) in [6.07, 6.45) is 3.84. The fourth-order valence-electron chi connectivity index (χ4n) is 1.71. The maximum Gasteiger partial charge on any atom is 0.252 e. The van der Waals surface area contributed by atoms with E-state index in [0.717, 1.165) is 28.6 Å². The number of alkyl halides is 1. The van der Waals surface area contributed by atoms with E-state index in [4.69, 9.17) is 0 Å². The summed E-state index contributed by atoms with van der Waals surface area (Å²) in [5.74, 6) is 0.0188. The molecule has 1 unspecified atom stereocenters. The summed E-state index contributed by atoms with van der Waals surface area (Å²) in [6.45, 7) is 4.19. The van der Waals surface area contributed by atoms with Gasteiger partial charge in [0.1, 0.15) is 0 Å². The molecule has 0 saturated carbocycles. The normalized spacial score (nSPS) is 14.0. The van der Waals surface area contributed by atoms with E-state index >= 15 is 0 Å². The van der Waals surface area contributed by atoms with E-state index in [1.165, 1.54) is 0 Å². The zero-order chi connectivity index (χ0) is 13.6. The van der Waals surface area contributed by atoms with Gasteiger partial charge in [0.05, 0.1) is 5.56 Å². The number of hydrogen-bond donors (Lipinski definition) is 1. The van der Waals surface area contributed by atoms with E-state index in [1.54, 1.807) is 11.8 Å². The van der Waals surface area contributed by atoms with Crippen LogP contribution in [0.15, 0.2) is 29.2 Å². The molecule has 1 rings (SSSR count). The molecular weight excluding hydrogens is 310 g/mol. The largest absolute Gasteiger partial charge is 0.347 e. The van der Waals surface area contributed by atoms with Crippen LogP contribution in [0.2, 0.25) is 0 Å².